The maximum atomic E-state index is 14.1. The third-order valence-corrected chi connectivity index (χ3v) is 2.72. The van der Waals surface area contributed by atoms with Gasteiger partial charge in [-0.3, -0.25) is 0 Å². The molecule has 0 aliphatic rings. The molecule has 0 radical (unpaired) electrons. The number of hydrogen-bond acceptors (Lipinski definition) is 4. The van der Waals surface area contributed by atoms with E-state index in [0.717, 1.165) is 0 Å². The number of anilines is 1. The van der Waals surface area contributed by atoms with Crippen molar-refractivity contribution in [1.29, 1.82) is 0 Å². The number of nitrogens with zero attached hydrogens (tertiary/aromatic N) is 2. The maximum Gasteiger partial charge on any atom is 0.170 e. The van der Waals surface area contributed by atoms with E-state index in [0.29, 0.717) is 24.5 Å². The van der Waals surface area contributed by atoms with Crippen molar-refractivity contribution in [2.24, 2.45) is 5.73 Å². The number of hydrogen-bond donors (Lipinski definition) is 1. The predicted octanol–water partition coefficient (Wildman–Crippen LogP) is 1.54. The van der Waals surface area contributed by atoms with Gasteiger partial charge in [0.2, 0.25) is 0 Å². The summed E-state index contributed by atoms with van der Waals surface area (Å²) in [6, 6.07) is 1.67. The van der Waals surface area contributed by atoms with Crippen LogP contribution >= 0.6 is 0 Å². The van der Waals surface area contributed by atoms with E-state index in [4.69, 9.17) is 10.5 Å². The number of aromatic nitrogens is 1. The molecule has 0 amide bonds. The van der Waals surface area contributed by atoms with Crippen molar-refractivity contribution in [3.63, 3.8) is 0 Å². The van der Waals surface area contributed by atoms with Crippen molar-refractivity contribution in [3.8, 4) is 0 Å². The lowest BCUT2D eigenvalue weighted by Gasteiger charge is -2.29. The second-order valence-electron chi connectivity index (χ2n) is 3.90. The van der Waals surface area contributed by atoms with Crippen LogP contribution < -0.4 is 10.6 Å². The molecule has 2 N–H and O–H groups in total. The standard InChI is InChI=1S/C12H20FN3O/c1-4-16(9(2)8-17-3)12-11(13)10(7-14)5-6-15-12/h5-6,9H,4,7-8,14H2,1-3H3. The highest BCUT2D eigenvalue weighted by Crippen LogP contribution is 2.21. The van der Waals surface area contributed by atoms with Crippen molar-refractivity contribution in [3.05, 3.63) is 23.6 Å². The minimum atomic E-state index is -0.334. The summed E-state index contributed by atoms with van der Waals surface area (Å²) in [6.45, 7) is 5.31. The summed E-state index contributed by atoms with van der Waals surface area (Å²) >= 11 is 0. The monoisotopic (exact) mass is 241 g/mol. The van der Waals surface area contributed by atoms with Crippen LogP contribution in [0.25, 0.3) is 0 Å². The van der Waals surface area contributed by atoms with Crippen LogP contribution in [0.4, 0.5) is 10.2 Å². The molecule has 1 unspecified atom stereocenters. The number of methoxy groups -OCH3 is 1. The molecule has 1 atom stereocenters. The Balaban J connectivity index is 3.03. The van der Waals surface area contributed by atoms with Gasteiger partial charge in [-0.1, -0.05) is 0 Å². The Kier molecular flexibility index (Phi) is 5.31. The van der Waals surface area contributed by atoms with E-state index < -0.39 is 0 Å². The van der Waals surface area contributed by atoms with E-state index in [9.17, 15) is 4.39 Å². The van der Waals surface area contributed by atoms with Crippen molar-refractivity contribution < 1.29 is 9.13 Å². The van der Waals surface area contributed by atoms with Crippen LogP contribution in [0.15, 0.2) is 12.3 Å². The first-order valence-electron chi connectivity index (χ1n) is 5.74. The van der Waals surface area contributed by atoms with E-state index >= 15 is 0 Å². The van der Waals surface area contributed by atoms with Gasteiger partial charge in [-0.25, -0.2) is 9.37 Å². The Hall–Kier alpha value is -1.20. The van der Waals surface area contributed by atoms with Crippen LogP contribution in [0.1, 0.15) is 19.4 Å². The molecule has 0 aliphatic heterocycles. The van der Waals surface area contributed by atoms with E-state index in [1.807, 2.05) is 18.7 Å². The third kappa shape index (κ3) is 3.14. The molecule has 0 spiro atoms. The predicted molar refractivity (Wildman–Crippen MR) is 66.4 cm³/mol. The van der Waals surface area contributed by atoms with Gasteiger partial charge in [0.25, 0.3) is 0 Å². The maximum absolute atomic E-state index is 14.1. The molecular weight excluding hydrogens is 221 g/mol. The number of nitrogens with two attached hydrogens (primary N) is 1. The van der Waals surface area contributed by atoms with Gasteiger partial charge in [-0.05, 0) is 19.9 Å². The number of halogens is 1. The summed E-state index contributed by atoms with van der Waals surface area (Å²) in [5.74, 6) is 0.0137. The zero-order valence-corrected chi connectivity index (χ0v) is 10.6. The first kappa shape index (κ1) is 13.9. The van der Waals surface area contributed by atoms with Gasteiger partial charge in [0, 0.05) is 32.0 Å². The Labute approximate surface area is 102 Å². The fourth-order valence-corrected chi connectivity index (χ4v) is 1.83. The summed E-state index contributed by atoms with van der Waals surface area (Å²) < 4.78 is 19.2. The summed E-state index contributed by atoms with van der Waals surface area (Å²) in [7, 11) is 1.63. The molecule has 1 rings (SSSR count). The third-order valence-electron chi connectivity index (χ3n) is 2.72. The SMILES string of the molecule is CCN(c1nccc(CN)c1F)C(C)COC. The van der Waals surface area contributed by atoms with Gasteiger partial charge in [-0.2, -0.15) is 0 Å². The fraction of sp³-hybridized carbons (Fsp3) is 0.583. The summed E-state index contributed by atoms with van der Waals surface area (Å²) in [5.41, 5.74) is 5.97. The van der Waals surface area contributed by atoms with Gasteiger partial charge < -0.3 is 15.4 Å². The number of rotatable bonds is 6. The van der Waals surface area contributed by atoms with Gasteiger partial charge in [-0.15, -0.1) is 0 Å². The molecule has 4 nitrogen and oxygen atoms in total. The molecule has 5 heteroatoms. The Morgan fingerprint density at radius 1 is 1.59 bits per heavy atom. The molecule has 0 fully saturated rings. The largest absolute Gasteiger partial charge is 0.383 e. The van der Waals surface area contributed by atoms with Gasteiger partial charge >= 0.3 is 0 Å². The highest BCUT2D eigenvalue weighted by molar-refractivity contribution is 5.44. The quantitative estimate of drug-likeness (QED) is 0.821. The van der Waals surface area contributed by atoms with Crippen molar-refractivity contribution in [2.45, 2.75) is 26.4 Å². The zero-order valence-electron chi connectivity index (χ0n) is 10.6. The van der Waals surface area contributed by atoms with E-state index in [1.54, 1.807) is 19.4 Å². The van der Waals surface area contributed by atoms with Gasteiger partial charge in [0.05, 0.1) is 12.6 Å². The van der Waals surface area contributed by atoms with Gasteiger partial charge in [0.15, 0.2) is 11.6 Å². The Morgan fingerprint density at radius 3 is 2.82 bits per heavy atom. The molecule has 0 saturated carbocycles. The minimum absolute atomic E-state index is 0.0695. The second kappa shape index (κ2) is 6.51. The normalized spacial score (nSPS) is 12.5. The number of likely N-dealkylation sites (N-methyl/N-ethyl adjacent to an activating group) is 1. The number of pyridine rings is 1. The van der Waals surface area contributed by atoms with Crippen LogP contribution in [0.5, 0.6) is 0 Å². The highest BCUT2D eigenvalue weighted by atomic mass is 19.1. The molecule has 1 aromatic rings. The molecule has 0 aliphatic carbocycles. The van der Waals surface area contributed by atoms with E-state index in [-0.39, 0.29) is 18.4 Å². The molecule has 0 bridgehead atoms. The smallest absolute Gasteiger partial charge is 0.170 e. The average Bonchev–Trinajstić information content (AvgIpc) is 2.32. The fourth-order valence-electron chi connectivity index (χ4n) is 1.83. The lowest BCUT2D eigenvalue weighted by molar-refractivity contribution is 0.181. The summed E-state index contributed by atoms with van der Waals surface area (Å²) in [4.78, 5) is 5.97. The molecule has 1 heterocycles. The second-order valence-corrected chi connectivity index (χ2v) is 3.90. The summed E-state index contributed by atoms with van der Waals surface area (Å²) in [5, 5.41) is 0. The first-order chi connectivity index (χ1) is 8.15. The Bertz CT molecular complexity index is 360. The van der Waals surface area contributed by atoms with Crippen molar-refractivity contribution in [1.82, 2.24) is 4.98 Å². The Morgan fingerprint density at radius 2 is 2.29 bits per heavy atom. The molecule has 96 valence electrons. The topological polar surface area (TPSA) is 51.4 Å². The van der Waals surface area contributed by atoms with Crippen LogP contribution in [0.2, 0.25) is 0 Å². The van der Waals surface area contributed by atoms with E-state index in [2.05, 4.69) is 4.98 Å². The lowest BCUT2D eigenvalue weighted by Crippen LogP contribution is -2.37. The van der Waals surface area contributed by atoms with Gasteiger partial charge in [0.1, 0.15) is 0 Å². The molecule has 1 aromatic heterocycles. The lowest BCUT2D eigenvalue weighted by atomic mass is 10.2. The highest BCUT2D eigenvalue weighted by Gasteiger charge is 2.19. The van der Waals surface area contributed by atoms with Crippen LogP contribution in [-0.2, 0) is 11.3 Å². The van der Waals surface area contributed by atoms with Crippen molar-refractivity contribution in [2.75, 3.05) is 25.2 Å². The number of ether oxygens (including phenoxy) is 1. The van der Waals surface area contributed by atoms with E-state index in [1.165, 1.54) is 0 Å². The summed E-state index contributed by atoms with van der Waals surface area (Å²) in [6.07, 6.45) is 1.59. The van der Waals surface area contributed by atoms with Crippen LogP contribution in [0, 0.1) is 5.82 Å². The average molecular weight is 241 g/mol. The molecular formula is C12H20FN3O. The first-order valence-corrected chi connectivity index (χ1v) is 5.74. The van der Waals surface area contributed by atoms with Crippen molar-refractivity contribution >= 4 is 5.82 Å². The van der Waals surface area contributed by atoms with Crippen LogP contribution in [-0.4, -0.2) is 31.3 Å². The molecule has 0 saturated heterocycles. The molecule has 17 heavy (non-hydrogen) atoms. The zero-order chi connectivity index (χ0) is 12.8. The minimum Gasteiger partial charge on any atom is -0.383 e. The van der Waals surface area contributed by atoms with Crippen LogP contribution in [0.3, 0.4) is 0 Å². The molecule has 0 aromatic carbocycles.